The van der Waals surface area contributed by atoms with Gasteiger partial charge in [-0.3, -0.25) is 9.48 Å². The number of anilines is 1. The number of rotatable bonds is 4. The SMILES string of the molecule is Cl.Cn1cc([C@H]2CNC[C@@H]2C(=O)Nc2ccccc2-c2cccs2)cn1. The van der Waals surface area contributed by atoms with E-state index in [2.05, 4.69) is 21.8 Å². The minimum Gasteiger partial charge on any atom is -0.325 e. The first kappa shape index (κ1) is 18.6. The van der Waals surface area contributed by atoms with Gasteiger partial charge in [0, 0.05) is 48.4 Å². The molecule has 1 fully saturated rings. The largest absolute Gasteiger partial charge is 0.325 e. The summed E-state index contributed by atoms with van der Waals surface area (Å²) in [5.74, 6) is 0.117. The lowest BCUT2D eigenvalue weighted by Crippen LogP contribution is -2.28. The Labute approximate surface area is 162 Å². The third-order valence-electron chi connectivity index (χ3n) is 4.68. The Hall–Kier alpha value is -2.15. The summed E-state index contributed by atoms with van der Waals surface area (Å²) in [5.41, 5.74) is 3.04. The molecule has 2 atom stereocenters. The van der Waals surface area contributed by atoms with Crippen molar-refractivity contribution in [3.8, 4) is 10.4 Å². The fourth-order valence-electron chi connectivity index (χ4n) is 3.40. The Kier molecular flexibility index (Phi) is 5.76. The van der Waals surface area contributed by atoms with Gasteiger partial charge in [-0.1, -0.05) is 24.3 Å². The molecule has 136 valence electrons. The van der Waals surface area contributed by atoms with Crippen LogP contribution in [0, 0.1) is 5.92 Å². The molecule has 4 rings (SSSR count). The molecule has 1 aliphatic heterocycles. The molecule has 0 unspecified atom stereocenters. The van der Waals surface area contributed by atoms with Crippen molar-refractivity contribution in [2.24, 2.45) is 13.0 Å². The van der Waals surface area contributed by atoms with Crippen molar-refractivity contribution in [1.82, 2.24) is 15.1 Å². The Balaban J connectivity index is 0.00000196. The van der Waals surface area contributed by atoms with Crippen LogP contribution in [-0.2, 0) is 11.8 Å². The number of hydrogen-bond donors (Lipinski definition) is 2. The predicted octanol–water partition coefficient (Wildman–Crippen LogP) is 3.51. The first-order chi connectivity index (χ1) is 12.2. The molecule has 26 heavy (non-hydrogen) atoms. The van der Waals surface area contributed by atoms with Crippen LogP contribution >= 0.6 is 23.7 Å². The fourth-order valence-corrected chi connectivity index (χ4v) is 4.17. The quantitative estimate of drug-likeness (QED) is 0.719. The molecule has 0 bridgehead atoms. The highest BCUT2D eigenvalue weighted by molar-refractivity contribution is 7.13. The van der Waals surface area contributed by atoms with Crippen LogP contribution in [0.1, 0.15) is 11.5 Å². The van der Waals surface area contributed by atoms with Gasteiger partial charge in [0.05, 0.1) is 12.1 Å². The average Bonchev–Trinajstić information content (AvgIpc) is 3.36. The van der Waals surface area contributed by atoms with E-state index >= 15 is 0 Å². The number of benzene rings is 1. The molecule has 3 heterocycles. The summed E-state index contributed by atoms with van der Waals surface area (Å²) in [7, 11) is 1.90. The van der Waals surface area contributed by atoms with E-state index in [0.717, 1.165) is 28.2 Å². The zero-order valence-electron chi connectivity index (χ0n) is 14.4. The third kappa shape index (κ3) is 3.67. The lowest BCUT2D eigenvalue weighted by atomic mass is 9.90. The highest BCUT2D eigenvalue weighted by atomic mass is 35.5. The van der Waals surface area contributed by atoms with E-state index in [-0.39, 0.29) is 30.2 Å². The summed E-state index contributed by atoms with van der Waals surface area (Å²) < 4.78 is 1.79. The number of hydrogen-bond acceptors (Lipinski definition) is 4. The van der Waals surface area contributed by atoms with E-state index in [0.29, 0.717) is 6.54 Å². The van der Waals surface area contributed by atoms with Crippen molar-refractivity contribution in [3.05, 3.63) is 59.7 Å². The standard InChI is InChI=1S/C19H20N4OS.ClH/c1-23-12-13(9-21-23)15-10-20-11-16(15)19(24)22-17-6-3-2-5-14(17)18-7-4-8-25-18;/h2-9,12,15-16,20H,10-11H2,1H3,(H,22,24);1H/t15-,16+;/m1./s1. The van der Waals surface area contributed by atoms with Crippen LogP contribution in [0.5, 0.6) is 0 Å². The maximum Gasteiger partial charge on any atom is 0.229 e. The van der Waals surface area contributed by atoms with E-state index in [9.17, 15) is 4.79 Å². The van der Waals surface area contributed by atoms with E-state index in [4.69, 9.17) is 0 Å². The van der Waals surface area contributed by atoms with Crippen molar-refractivity contribution in [2.75, 3.05) is 18.4 Å². The molecule has 0 saturated carbocycles. The van der Waals surface area contributed by atoms with Crippen molar-refractivity contribution < 1.29 is 4.79 Å². The molecule has 0 spiro atoms. The van der Waals surface area contributed by atoms with Gasteiger partial charge in [0.2, 0.25) is 5.91 Å². The Bertz CT molecular complexity index is 877. The maximum atomic E-state index is 13.0. The molecular weight excluding hydrogens is 368 g/mol. The minimum atomic E-state index is -0.0967. The molecule has 0 radical (unpaired) electrons. The van der Waals surface area contributed by atoms with Crippen LogP contribution in [-0.4, -0.2) is 28.8 Å². The predicted molar refractivity (Wildman–Crippen MR) is 108 cm³/mol. The number of aryl methyl sites for hydroxylation is 1. The smallest absolute Gasteiger partial charge is 0.229 e. The summed E-state index contributed by atoms with van der Waals surface area (Å²) in [4.78, 5) is 14.1. The maximum absolute atomic E-state index is 13.0. The number of aromatic nitrogens is 2. The number of amides is 1. The second-order valence-corrected chi connectivity index (χ2v) is 7.28. The van der Waals surface area contributed by atoms with Crippen molar-refractivity contribution in [2.45, 2.75) is 5.92 Å². The van der Waals surface area contributed by atoms with E-state index in [1.165, 1.54) is 0 Å². The van der Waals surface area contributed by atoms with E-state index in [1.807, 2.05) is 55.2 Å². The van der Waals surface area contributed by atoms with Crippen molar-refractivity contribution in [1.29, 1.82) is 0 Å². The molecule has 7 heteroatoms. The second-order valence-electron chi connectivity index (χ2n) is 6.33. The van der Waals surface area contributed by atoms with Gasteiger partial charge < -0.3 is 10.6 Å². The van der Waals surface area contributed by atoms with Gasteiger partial charge >= 0.3 is 0 Å². The van der Waals surface area contributed by atoms with Gasteiger partial charge in [-0.05, 0) is 23.1 Å². The van der Waals surface area contributed by atoms with Crippen LogP contribution in [0.4, 0.5) is 5.69 Å². The van der Waals surface area contributed by atoms with Crippen LogP contribution in [0.3, 0.4) is 0 Å². The molecular formula is C19H21ClN4OS. The van der Waals surface area contributed by atoms with Gasteiger partial charge in [0.1, 0.15) is 0 Å². The van der Waals surface area contributed by atoms with Crippen molar-refractivity contribution in [3.63, 3.8) is 0 Å². The number of thiophene rings is 1. The molecule has 1 aromatic carbocycles. The zero-order chi connectivity index (χ0) is 17.2. The summed E-state index contributed by atoms with van der Waals surface area (Å²) in [6.07, 6.45) is 3.86. The average molecular weight is 389 g/mol. The highest BCUT2D eigenvalue weighted by Gasteiger charge is 2.34. The topological polar surface area (TPSA) is 59.0 Å². The second kappa shape index (κ2) is 8.03. The summed E-state index contributed by atoms with van der Waals surface area (Å²) in [6.45, 7) is 1.49. The third-order valence-corrected chi connectivity index (χ3v) is 5.58. The van der Waals surface area contributed by atoms with Gasteiger partial charge in [0.25, 0.3) is 0 Å². The first-order valence-corrected chi connectivity index (χ1v) is 9.23. The Morgan fingerprint density at radius 1 is 1.27 bits per heavy atom. The van der Waals surface area contributed by atoms with Crippen LogP contribution in [0.2, 0.25) is 0 Å². The lowest BCUT2D eigenvalue weighted by Gasteiger charge is -2.18. The molecule has 2 N–H and O–H groups in total. The number of carbonyl (C=O) groups excluding carboxylic acids is 1. The molecule has 1 aliphatic rings. The van der Waals surface area contributed by atoms with Gasteiger partial charge in [-0.2, -0.15) is 5.10 Å². The van der Waals surface area contributed by atoms with Crippen LogP contribution < -0.4 is 10.6 Å². The van der Waals surface area contributed by atoms with Crippen LogP contribution in [0.15, 0.2) is 54.2 Å². The Morgan fingerprint density at radius 3 is 2.85 bits per heavy atom. The summed E-state index contributed by atoms with van der Waals surface area (Å²) >= 11 is 1.68. The molecule has 0 aliphatic carbocycles. The molecule has 3 aromatic rings. The van der Waals surface area contributed by atoms with E-state index in [1.54, 1.807) is 16.0 Å². The van der Waals surface area contributed by atoms with Gasteiger partial charge in [-0.15, -0.1) is 23.7 Å². The normalized spacial score (nSPS) is 19.1. The number of nitrogens with one attached hydrogen (secondary N) is 2. The monoisotopic (exact) mass is 388 g/mol. The molecule has 1 saturated heterocycles. The fraction of sp³-hybridized carbons (Fsp3) is 0.263. The molecule has 5 nitrogen and oxygen atoms in total. The van der Waals surface area contributed by atoms with E-state index < -0.39 is 0 Å². The minimum absolute atomic E-state index is 0. The zero-order valence-corrected chi connectivity index (χ0v) is 16.0. The van der Waals surface area contributed by atoms with Gasteiger partial charge in [0.15, 0.2) is 0 Å². The van der Waals surface area contributed by atoms with Gasteiger partial charge in [-0.25, -0.2) is 0 Å². The number of para-hydroxylation sites is 1. The first-order valence-electron chi connectivity index (χ1n) is 8.35. The molecule has 2 aromatic heterocycles. The summed E-state index contributed by atoms with van der Waals surface area (Å²) in [6, 6.07) is 12.1. The number of carbonyl (C=O) groups is 1. The summed E-state index contributed by atoms with van der Waals surface area (Å²) in [5, 5.41) is 12.8. The van der Waals surface area contributed by atoms with Crippen LogP contribution in [0.25, 0.3) is 10.4 Å². The van der Waals surface area contributed by atoms with Crippen molar-refractivity contribution >= 4 is 35.3 Å². The molecule has 1 amide bonds. The number of halogens is 1. The number of nitrogens with zero attached hydrogens (tertiary/aromatic N) is 2. The highest BCUT2D eigenvalue weighted by Crippen LogP contribution is 2.33. The Morgan fingerprint density at radius 2 is 2.12 bits per heavy atom. The lowest BCUT2D eigenvalue weighted by molar-refractivity contribution is -0.119.